The Hall–Kier alpha value is -1.73. The van der Waals surface area contributed by atoms with Gasteiger partial charge in [-0.15, -0.1) is 0 Å². The molecule has 0 saturated carbocycles. The summed E-state index contributed by atoms with van der Waals surface area (Å²) in [7, 11) is 0. The number of rotatable bonds is 6. The van der Waals surface area contributed by atoms with Crippen molar-refractivity contribution in [3.05, 3.63) is 68.7 Å². The molecule has 0 radical (unpaired) electrons. The second-order valence-electron chi connectivity index (χ2n) is 6.15. The Kier molecular flexibility index (Phi) is 7.04. The molecule has 0 atom stereocenters. The summed E-state index contributed by atoms with van der Waals surface area (Å²) in [4.78, 5) is 12.0. The van der Waals surface area contributed by atoms with Crippen LogP contribution >= 0.6 is 23.2 Å². The Morgan fingerprint density at radius 1 is 0.714 bits per heavy atom. The van der Waals surface area contributed by atoms with Gasteiger partial charge in [0.25, 0.3) is 0 Å². The zero-order valence-electron chi connectivity index (χ0n) is 14.2. The molecule has 0 aliphatic rings. The molecule has 28 heavy (non-hydrogen) atoms. The Labute approximate surface area is 167 Å². The minimum Gasteiger partial charge on any atom is -0.300 e. The maximum absolute atomic E-state index is 12.8. The number of aryl methyl sites for hydroxylation is 2. The van der Waals surface area contributed by atoms with E-state index >= 15 is 0 Å². The Balaban J connectivity index is 1.99. The summed E-state index contributed by atoms with van der Waals surface area (Å²) in [6.07, 6.45) is -9.22. The van der Waals surface area contributed by atoms with E-state index in [-0.39, 0.29) is 52.6 Å². The molecule has 9 heteroatoms. The van der Waals surface area contributed by atoms with Gasteiger partial charge in [0.05, 0.1) is 11.1 Å². The fourth-order valence-electron chi connectivity index (χ4n) is 2.56. The molecule has 0 bridgehead atoms. The monoisotopic (exact) mass is 442 g/mol. The summed E-state index contributed by atoms with van der Waals surface area (Å²) in [6.45, 7) is 0. The fraction of sp³-hybridized carbons (Fsp3) is 0.316. The lowest BCUT2D eigenvalue weighted by Gasteiger charge is -2.11. The van der Waals surface area contributed by atoms with E-state index in [9.17, 15) is 31.1 Å². The standard InChI is InChI=1S/C19H14Cl2F6O/c20-16-7-3-13(18(22,23)24)9-11(16)1-5-15(28)6-2-12-10-14(19(25,26)27)4-8-17(12)21/h3-4,7-10H,1-2,5-6H2. The van der Waals surface area contributed by atoms with Crippen LogP contribution in [-0.2, 0) is 30.0 Å². The topological polar surface area (TPSA) is 17.1 Å². The number of benzene rings is 2. The summed E-state index contributed by atoms with van der Waals surface area (Å²) < 4.78 is 76.6. The number of Topliss-reactive ketones (excluding diaryl/α,β-unsaturated/α-hetero) is 1. The molecule has 0 unspecified atom stereocenters. The molecule has 0 N–H and O–H groups in total. The minimum atomic E-state index is -4.52. The van der Waals surface area contributed by atoms with Crippen molar-refractivity contribution < 1.29 is 31.1 Å². The van der Waals surface area contributed by atoms with Gasteiger partial charge in [-0.1, -0.05) is 23.2 Å². The number of ketones is 1. The molecular weight excluding hydrogens is 429 g/mol. The van der Waals surface area contributed by atoms with E-state index in [1.165, 1.54) is 0 Å². The van der Waals surface area contributed by atoms with E-state index in [1.807, 2.05) is 0 Å². The van der Waals surface area contributed by atoms with Gasteiger partial charge in [0.1, 0.15) is 5.78 Å². The highest BCUT2D eigenvalue weighted by atomic mass is 35.5. The fourth-order valence-corrected chi connectivity index (χ4v) is 2.98. The lowest BCUT2D eigenvalue weighted by atomic mass is 10.00. The van der Waals surface area contributed by atoms with Crippen molar-refractivity contribution in [2.75, 3.05) is 0 Å². The SMILES string of the molecule is O=C(CCc1cc(C(F)(F)F)ccc1Cl)CCc1cc(C(F)(F)F)ccc1Cl. The van der Waals surface area contributed by atoms with Crippen LogP contribution in [0.3, 0.4) is 0 Å². The van der Waals surface area contributed by atoms with E-state index in [4.69, 9.17) is 23.2 Å². The molecule has 1 nitrogen and oxygen atoms in total. The molecule has 2 rings (SSSR count). The average Bonchev–Trinajstić information content (AvgIpc) is 2.58. The van der Waals surface area contributed by atoms with Crippen LogP contribution < -0.4 is 0 Å². The second-order valence-corrected chi connectivity index (χ2v) is 6.96. The molecule has 0 amide bonds. The molecule has 0 aliphatic carbocycles. The largest absolute Gasteiger partial charge is 0.416 e. The van der Waals surface area contributed by atoms with Crippen molar-refractivity contribution in [1.29, 1.82) is 0 Å². The van der Waals surface area contributed by atoms with Crippen LogP contribution in [0.1, 0.15) is 35.1 Å². The summed E-state index contributed by atoms with van der Waals surface area (Å²) in [5, 5.41) is 0.225. The van der Waals surface area contributed by atoms with Crippen LogP contribution in [0.15, 0.2) is 36.4 Å². The van der Waals surface area contributed by atoms with E-state index in [0.29, 0.717) is 0 Å². The van der Waals surface area contributed by atoms with Crippen LogP contribution in [0, 0.1) is 0 Å². The molecule has 0 spiro atoms. The molecule has 2 aromatic rings. The predicted molar refractivity (Wildman–Crippen MR) is 94.6 cm³/mol. The minimum absolute atomic E-state index is 0.00207. The number of hydrogen-bond acceptors (Lipinski definition) is 1. The number of hydrogen-bond donors (Lipinski definition) is 0. The highest BCUT2D eigenvalue weighted by Gasteiger charge is 2.31. The van der Waals surface area contributed by atoms with Gasteiger partial charge in [0, 0.05) is 22.9 Å². The summed E-state index contributed by atoms with van der Waals surface area (Å²) >= 11 is 11.8. The van der Waals surface area contributed by atoms with Crippen molar-refractivity contribution in [2.45, 2.75) is 38.0 Å². The van der Waals surface area contributed by atoms with E-state index < -0.39 is 23.5 Å². The summed E-state index contributed by atoms with van der Waals surface area (Å²) in [5.74, 6) is -0.318. The average molecular weight is 443 g/mol. The van der Waals surface area contributed by atoms with Crippen LogP contribution in [-0.4, -0.2) is 5.78 Å². The van der Waals surface area contributed by atoms with Gasteiger partial charge in [-0.2, -0.15) is 26.3 Å². The number of carbonyl (C=O) groups is 1. The van der Waals surface area contributed by atoms with Gasteiger partial charge in [-0.25, -0.2) is 0 Å². The van der Waals surface area contributed by atoms with Crippen LogP contribution in [0.5, 0.6) is 0 Å². The van der Waals surface area contributed by atoms with Crippen molar-refractivity contribution in [2.24, 2.45) is 0 Å². The van der Waals surface area contributed by atoms with Gasteiger partial charge in [-0.3, -0.25) is 4.79 Å². The lowest BCUT2D eigenvalue weighted by Crippen LogP contribution is -2.08. The zero-order chi connectivity index (χ0) is 21.1. The molecule has 0 aromatic heterocycles. The van der Waals surface area contributed by atoms with Crippen LogP contribution in [0.2, 0.25) is 10.0 Å². The third kappa shape index (κ3) is 6.14. The predicted octanol–water partition coefficient (Wildman–Crippen LogP) is 7.17. The first-order valence-corrected chi connectivity index (χ1v) is 8.86. The first-order chi connectivity index (χ1) is 12.9. The molecule has 0 saturated heterocycles. The zero-order valence-corrected chi connectivity index (χ0v) is 15.7. The first-order valence-electron chi connectivity index (χ1n) is 8.11. The number of halogens is 8. The van der Waals surface area contributed by atoms with E-state index in [0.717, 1.165) is 36.4 Å². The maximum Gasteiger partial charge on any atom is 0.416 e. The smallest absolute Gasteiger partial charge is 0.300 e. The van der Waals surface area contributed by atoms with Crippen molar-refractivity contribution in [3.63, 3.8) is 0 Å². The molecular formula is C19H14Cl2F6O. The molecule has 0 heterocycles. The van der Waals surface area contributed by atoms with E-state index in [1.54, 1.807) is 0 Å². The summed E-state index contributed by atoms with van der Waals surface area (Å²) in [5.41, 5.74) is -1.37. The van der Waals surface area contributed by atoms with Crippen molar-refractivity contribution in [1.82, 2.24) is 0 Å². The van der Waals surface area contributed by atoms with E-state index in [2.05, 4.69) is 0 Å². The number of carbonyl (C=O) groups excluding carboxylic acids is 1. The number of alkyl halides is 6. The quantitative estimate of drug-likeness (QED) is 0.433. The van der Waals surface area contributed by atoms with Gasteiger partial charge < -0.3 is 0 Å². The molecule has 2 aromatic carbocycles. The van der Waals surface area contributed by atoms with Crippen molar-refractivity contribution in [3.8, 4) is 0 Å². The molecule has 0 aliphatic heterocycles. The maximum atomic E-state index is 12.8. The second kappa shape index (κ2) is 8.74. The lowest BCUT2D eigenvalue weighted by molar-refractivity contribution is -0.138. The Bertz CT molecular complexity index is 789. The normalized spacial score (nSPS) is 12.3. The van der Waals surface area contributed by atoms with Crippen molar-refractivity contribution >= 4 is 29.0 Å². The first kappa shape index (κ1) is 22.6. The molecule has 0 fully saturated rings. The molecule has 152 valence electrons. The highest BCUT2D eigenvalue weighted by Crippen LogP contribution is 2.33. The Morgan fingerprint density at radius 3 is 1.39 bits per heavy atom. The third-order valence-corrected chi connectivity index (χ3v) is 4.83. The van der Waals surface area contributed by atoms with Gasteiger partial charge in [0.15, 0.2) is 0 Å². The van der Waals surface area contributed by atoms with Gasteiger partial charge >= 0.3 is 12.4 Å². The van der Waals surface area contributed by atoms with Gasteiger partial charge in [0.2, 0.25) is 0 Å². The third-order valence-electron chi connectivity index (χ3n) is 4.09. The van der Waals surface area contributed by atoms with Crippen LogP contribution in [0.25, 0.3) is 0 Å². The van der Waals surface area contributed by atoms with Gasteiger partial charge in [-0.05, 0) is 60.4 Å². The highest BCUT2D eigenvalue weighted by molar-refractivity contribution is 6.31. The van der Waals surface area contributed by atoms with Crippen LogP contribution in [0.4, 0.5) is 26.3 Å². The Morgan fingerprint density at radius 2 is 1.07 bits per heavy atom. The summed E-state index contributed by atoms with van der Waals surface area (Å²) in [6, 6.07) is 5.71.